The molecule has 0 N–H and O–H groups in total. The molecule has 0 spiro atoms. The van der Waals surface area contributed by atoms with E-state index in [1.807, 2.05) is 4.90 Å². The van der Waals surface area contributed by atoms with Gasteiger partial charge in [0.1, 0.15) is 9.21 Å². The van der Waals surface area contributed by atoms with Gasteiger partial charge in [-0.05, 0) is 57.8 Å². The first kappa shape index (κ1) is 14.9. The number of hydrogen-bond donors (Lipinski definition) is 0. The number of aromatic nitrogens is 1. The minimum Gasteiger partial charge on any atom is -0.336 e. The highest BCUT2D eigenvalue weighted by Gasteiger charge is 2.23. The molecule has 1 aliphatic heterocycles. The van der Waals surface area contributed by atoms with Gasteiger partial charge in [-0.2, -0.15) is 0 Å². The van der Waals surface area contributed by atoms with Crippen molar-refractivity contribution < 1.29 is 4.79 Å². The standard InChI is InChI=1S/C13H17Br2N3O/c1-9(2)17-3-5-18(6-4-17)13(19)10-7-11(14)16-12(15)8-10/h7-9H,3-6H2,1-2H3. The van der Waals surface area contributed by atoms with Crippen LogP contribution < -0.4 is 0 Å². The molecular formula is C13H17Br2N3O. The molecule has 0 atom stereocenters. The van der Waals surface area contributed by atoms with Gasteiger partial charge < -0.3 is 4.90 Å². The average Bonchev–Trinajstić information content (AvgIpc) is 2.37. The van der Waals surface area contributed by atoms with Crippen molar-refractivity contribution in [3.8, 4) is 0 Å². The summed E-state index contributed by atoms with van der Waals surface area (Å²) in [5.41, 5.74) is 0.673. The fourth-order valence-electron chi connectivity index (χ4n) is 2.21. The second-order valence-electron chi connectivity index (χ2n) is 4.92. The second kappa shape index (κ2) is 6.33. The maximum atomic E-state index is 12.4. The van der Waals surface area contributed by atoms with E-state index in [4.69, 9.17) is 0 Å². The normalized spacial score (nSPS) is 17.0. The number of carbonyl (C=O) groups is 1. The summed E-state index contributed by atoms with van der Waals surface area (Å²) in [7, 11) is 0. The van der Waals surface area contributed by atoms with E-state index in [1.165, 1.54) is 0 Å². The third-order valence-corrected chi connectivity index (χ3v) is 4.15. The maximum Gasteiger partial charge on any atom is 0.254 e. The van der Waals surface area contributed by atoms with E-state index >= 15 is 0 Å². The Morgan fingerprint density at radius 3 is 2.16 bits per heavy atom. The number of halogens is 2. The van der Waals surface area contributed by atoms with Gasteiger partial charge in [-0.15, -0.1) is 0 Å². The Balaban J connectivity index is 2.05. The molecule has 0 bridgehead atoms. The van der Waals surface area contributed by atoms with Crippen LogP contribution in [0.1, 0.15) is 24.2 Å². The smallest absolute Gasteiger partial charge is 0.254 e. The summed E-state index contributed by atoms with van der Waals surface area (Å²) in [6, 6.07) is 4.07. The van der Waals surface area contributed by atoms with Crippen LogP contribution in [0, 0.1) is 0 Å². The highest BCUT2D eigenvalue weighted by Crippen LogP contribution is 2.18. The van der Waals surface area contributed by atoms with Crippen molar-refractivity contribution in [3.05, 3.63) is 26.9 Å². The molecule has 2 heterocycles. The molecule has 4 nitrogen and oxygen atoms in total. The Hall–Kier alpha value is -0.460. The van der Waals surface area contributed by atoms with E-state index in [-0.39, 0.29) is 5.91 Å². The molecule has 0 aromatic carbocycles. The molecule has 0 radical (unpaired) electrons. The van der Waals surface area contributed by atoms with Crippen LogP contribution >= 0.6 is 31.9 Å². The number of nitrogens with zero attached hydrogens (tertiary/aromatic N) is 3. The largest absolute Gasteiger partial charge is 0.336 e. The fourth-order valence-corrected chi connectivity index (χ4v) is 3.33. The third kappa shape index (κ3) is 3.77. The second-order valence-corrected chi connectivity index (χ2v) is 6.55. The first-order chi connectivity index (χ1) is 8.97. The molecule has 1 aromatic rings. The molecule has 1 amide bonds. The van der Waals surface area contributed by atoms with Crippen LogP contribution in [-0.2, 0) is 0 Å². The van der Waals surface area contributed by atoms with Crippen molar-refractivity contribution in [2.45, 2.75) is 19.9 Å². The summed E-state index contributed by atoms with van der Waals surface area (Å²) in [5.74, 6) is 0.0761. The maximum absolute atomic E-state index is 12.4. The lowest BCUT2D eigenvalue weighted by atomic mass is 10.2. The van der Waals surface area contributed by atoms with Crippen LogP contribution in [0.15, 0.2) is 21.3 Å². The van der Waals surface area contributed by atoms with E-state index in [2.05, 4.69) is 55.6 Å². The van der Waals surface area contributed by atoms with Crippen LogP contribution in [0.5, 0.6) is 0 Å². The van der Waals surface area contributed by atoms with Crippen LogP contribution in [0.4, 0.5) is 0 Å². The lowest BCUT2D eigenvalue weighted by molar-refractivity contribution is 0.0595. The van der Waals surface area contributed by atoms with Crippen LogP contribution in [0.3, 0.4) is 0 Å². The van der Waals surface area contributed by atoms with Gasteiger partial charge in [0, 0.05) is 37.8 Å². The molecule has 6 heteroatoms. The number of amides is 1. The summed E-state index contributed by atoms with van der Waals surface area (Å²) in [6.07, 6.45) is 0. The lowest BCUT2D eigenvalue weighted by Crippen LogP contribution is -2.50. The van der Waals surface area contributed by atoms with E-state index in [1.54, 1.807) is 12.1 Å². The molecule has 2 rings (SSSR count). The molecular weight excluding hydrogens is 374 g/mol. The van der Waals surface area contributed by atoms with Gasteiger partial charge >= 0.3 is 0 Å². The van der Waals surface area contributed by atoms with Crippen LogP contribution in [-0.4, -0.2) is 52.9 Å². The van der Waals surface area contributed by atoms with Crippen molar-refractivity contribution in [2.75, 3.05) is 26.2 Å². The molecule has 0 unspecified atom stereocenters. The zero-order valence-electron chi connectivity index (χ0n) is 11.1. The minimum atomic E-state index is 0.0761. The summed E-state index contributed by atoms with van der Waals surface area (Å²) < 4.78 is 1.34. The molecule has 1 fully saturated rings. The highest BCUT2D eigenvalue weighted by atomic mass is 79.9. The predicted molar refractivity (Wildman–Crippen MR) is 82.2 cm³/mol. The van der Waals surface area contributed by atoms with Crippen molar-refractivity contribution in [1.82, 2.24) is 14.8 Å². The monoisotopic (exact) mass is 389 g/mol. The molecule has 19 heavy (non-hydrogen) atoms. The van der Waals surface area contributed by atoms with Crippen LogP contribution in [0.2, 0.25) is 0 Å². The number of pyridine rings is 1. The van der Waals surface area contributed by atoms with Crippen molar-refractivity contribution >= 4 is 37.8 Å². The Labute approximate surface area is 130 Å². The van der Waals surface area contributed by atoms with Crippen molar-refractivity contribution in [3.63, 3.8) is 0 Å². The zero-order chi connectivity index (χ0) is 14.0. The topological polar surface area (TPSA) is 36.4 Å². The number of carbonyl (C=O) groups excluding carboxylic acids is 1. The summed E-state index contributed by atoms with van der Waals surface area (Å²) in [5, 5.41) is 0. The molecule has 1 aliphatic rings. The number of rotatable bonds is 2. The molecule has 1 aromatic heterocycles. The molecule has 0 saturated carbocycles. The number of hydrogen-bond acceptors (Lipinski definition) is 3. The first-order valence-electron chi connectivity index (χ1n) is 6.34. The summed E-state index contributed by atoms with van der Waals surface area (Å²) in [4.78, 5) is 20.9. The van der Waals surface area contributed by atoms with E-state index < -0.39 is 0 Å². The average molecular weight is 391 g/mol. The highest BCUT2D eigenvalue weighted by molar-refractivity contribution is 9.11. The first-order valence-corrected chi connectivity index (χ1v) is 7.92. The molecule has 104 valence electrons. The van der Waals surface area contributed by atoms with Gasteiger partial charge in [0.15, 0.2) is 0 Å². The van der Waals surface area contributed by atoms with Gasteiger partial charge in [0.25, 0.3) is 5.91 Å². The van der Waals surface area contributed by atoms with Crippen LogP contribution in [0.25, 0.3) is 0 Å². The Bertz CT molecular complexity index is 451. The van der Waals surface area contributed by atoms with Gasteiger partial charge in [0.05, 0.1) is 0 Å². The summed E-state index contributed by atoms with van der Waals surface area (Å²) in [6.45, 7) is 7.83. The predicted octanol–water partition coefficient (Wildman–Crippen LogP) is 2.77. The fraction of sp³-hybridized carbons (Fsp3) is 0.538. The number of piperazine rings is 1. The van der Waals surface area contributed by atoms with Crippen molar-refractivity contribution in [2.24, 2.45) is 0 Å². The van der Waals surface area contributed by atoms with Gasteiger partial charge in [-0.1, -0.05) is 0 Å². The van der Waals surface area contributed by atoms with E-state index in [9.17, 15) is 4.79 Å². The Morgan fingerprint density at radius 1 is 1.16 bits per heavy atom. The lowest BCUT2D eigenvalue weighted by Gasteiger charge is -2.37. The van der Waals surface area contributed by atoms with Gasteiger partial charge in [-0.25, -0.2) is 4.98 Å². The Morgan fingerprint density at radius 2 is 1.68 bits per heavy atom. The zero-order valence-corrected chi connectivity index (χ0v) is 14.2. The van der Waals surface area contributed by atoms with E-state index in [0.717, 1.165) is 26.2 Å². The van der Waals surface area contributed by atoms with Crippen molar-refractivity contribution in [1.29, 1.82) is 0 Å². The van der Waals surface area contributed by atoms with Gasteiger partial charge in [-0.3, -0.25) is 9.69 Å². The SMILES string of the molecule is CC(C)N1CCN(C(=O)c2cc(Br)nc(Br)c2)CC1. The van der Waals surface area contributed by atoms with E-state index in [0.29, 0.717) is 20.8 Å². The molecule has 1 saturated heterocycles. The quantitative estimate of drug-likeness (QED) is 0.728. The van der Waals surface area contributed by atoms with Gasteiger partial charge in [0.2, 0.25) is 0 Å². The third-order valence-electron chi connectivity index (χ3n) is 3.34. The summed E-state index contributed by atoms with van der Waals surface area (Å²) >= 11 is 6.63. The minimum absolute atomic E-state index is 0.0761. The molecule has 0 aliphatic carbocycles. The Kier molecular flexibility index (Phi) is 4.97.